The Morgan fingerprint density at radius 3 is 2.50 bits per heavy atom. The lowest BCUT2D eigenvalue weighted by molar-refractivity contribution is -0.150. The van der Waals surface area contributed by atoms with Crippen molar-refractivity contribution in [2.75, 3.05) is 11.5 Å². The summed E-state index contributed by atoms with van der Waals surface area (Å²) in [7, 11) is 0. The van der Waals surface area contributed by atoms with Crippen molar-refractivity contribution in [1.29, 1.82) is 0 Å². The maximum atomic E-state index is 12.6. The van der Waals surface area contributed by atoms with Gasteiger partial charge in [0, 0.05) is 11.5 Å². The van der Waals surface area contributed by atoms with E-state index in [0.717, 1.165) is 9.35 Å². The van der Waals surface area contributed by atoms with Crippen LogP contribution in [0.15, 0.2) is 21.9 Å². The molecule has 20 heteroatoms. The molecule has 2 aliphatic rings. The summed E-state index contributed by atoms with van der Waals surface area (Å²) in [6.07, 6.45) is 1.29. The van der Waals surface area contributed by atoms with Gasteiger partial charge in [-0.25, -0.2) is 9.48 Å². The summed E-state index contributed by atoms with van der Waals surface area (Å²) in [4.78, 5) is 37.8. The Morgan fingerprint density at radius 2 is 1.94 bits per heavy atom. The summed E-state index contributed by atoms with van der Waals surface area (Å²) in [5, 5.41) is 31.1. The Hall–Kier alpha value is -2.72. The number of aromatic nitrogens is 6. The highest BCUT2D eigenvalue weighted by Gasteiger charge is 2.54. The normalized spacial score (nSPS) is 17.9. The Kier molecular flexibility index (Phi) is 13.6. The molecule has 4 rings (SSSR count). The Labute approximate surface area is 203 Å². The van der Waals surface area contributed by atoms with Crippen LogP contribution in [0.4, 0.5) is 0 Å². The molecule has 12 N–H and O–H groups in total. The highest BCUT2D eigenvalue weighted by atomic mass is 32.2. The zero-order chi connectivity index (χ0) is 20.5. The molecule has 0 spiro atoms. The van der Waals surface area contributed by atoms with Gasteiger partial charge in [-0.15, -0.1) is 27.1 Å². The van der Waals surface area contributed by atoms with Crippen molar-refractivity contribution in [3.05, 3.63) is 22.6 Å². The van der Waals surface area contributed by atoms with Crippen molar-refractivity contribution in [2.24, 2.45) is 0 Å². The fraction of sp³-hybridized carbons (Fsp3) is 0.429. The first-order chi connectivity index (χ1) is 13.9. The third-order valence-electron chi connectivity index (χ3n) is 4.14. The molecule has 0 radical (unpaired) electrons. The number of hydrogen-bond donors (Lipinski definition) is 2. The molecule has 192 valence electrons. The molecule has 2 atom stereocenters. The summed E-state index contributed by atoms with van der Waals surface area (Å²) in [6, 6.07) is -0.779. The number of aliphatic carboxylic acids is 1. The minimum Gasteiger partial charge on any atom is -0.477 e. The number of carbonyl (C=O) groups is 3. The average molecular weight is 545 g/mol. The molecule has 2 aromatic heterocycles. The maximum absolute atomic E-state index is 12.6. The standard InChI is InChI=1S/C14H14N8O4S3.5H2O/c1-6-17-18-14(29-6)28-4-7-3-27-12-9(11(24)22(12)10(7)13(25)26)16-8(23)2-21-5-15-19-20-21;;;;;/h5,9,12H,2-4H2,1H3,(H,16,23)(H,25,26);5*1H2/t9-,12-;;;;;/m1...../s1. The number of nitrogens with zero attached hydrogens (tertiary/aromatic N) is 7. The Morgan fingerprint density at radius 1 is 1.24 bits per heavy atom. The third kappa shape index (κ3) is 6.66. The van der Waals surface area contributed by atoms with E-state index in [-0.39, 0.29) is 39.6 Å². The second-order valence-corrected chi connectivity index (χ2v) is 9.60. The first-order valence-electron chi connectivity index (χ1n) is 8.27. The van der Waals surface area contributed by atoms with Crippen LogP contribution in [-0.2, 0) is 20.9 Å². The van der Waals surface area contributed by atoms with Gasteiger partial charge in [-0.3, -0.25) is 14.5 Å². The number of β-lactam (4-membered cyclic amide) rings is 1. The number of fused-ring (bicyclic) bond motifs is 1. The number of carbonyl (C=O) groups excluding carboxylic acids is 2. The van der Waals surface area contributed by atoms with Gasteiger partial charge in [0.25, 0.3) is 5.91 Å². The van der Waals surface area contributed by atoms with Crippen LogP contribution in [-0.4, -0.2) is 108 Å². The van der Waals surface area contributed by atoms with Crippen LogP contribution in [0.2, 0.25) is 0 Å². The molecule has 2 aliphatic heterocycles. The Bertz CT molecular complexity index is 1000. The van der Waals surface area contributed by atoms with Crippen molar-refractivity contribution >= 4 is 52.6 Å². The van der Waals surface area contributed by atoms with Gasteiger partial charge in [0.15, 0.2) is 4.34 Å². The zero-order valence-corrected chi connectivity index (χ0v) is 19.8. The number of thioether (sulfide) groups is 2. The molecule has 34 heavy (non-hydrogen) atoms. The molecule has 2 aromatic rings. The topological polar surface area (TPSA) is 314 Å². The summed E-state index contributed by atoms with van der Waals surface area (Å²) >= 11 is 4.24. The molecule has 1 fully saturated rings. The van der Waals surface area contributed by atoms with Gasteiger partial charge >= 0.3 is 5.97 Å². The van der Waals surface area contributed by atoms with Crippen LogP contribution in [0.1, 0.15) is 5.01 Å². The number of amides is 2. The van der Waals surface area contributed by atoms with Gasteiger partial charge in [-0.1, -0.05) is 23.1 Å². The van der Waals surface area contributed by atoms with E-state index in [2.05, 4.69) is 31.0 Å². The quantitative estimate of drug-likeness (QED) is 0.246. The van der Waals surface area contributed by atoms with E-state index in [4.69, 9.17) is 0 Å². The number of hydrogen-bond acceptors (Lipinski definition) is 11. The van der Waals surface area contributed by atoms with E-state index in [1.165, 1.54) is 50.8 Å². The first kappa shape index (κ1) is 33.5. The number of carboxylic acid groups (broad SMARTS) is 1. The van der Waals surface area contributed by atoms with Gasteiger partial charge in [0.2, 0.25) is 5.91 Å². The lowest BCUT2D eigenvalue weighted by Gasteiger charge is -2.49. The molecule has 0 unspecified atom stereocenters. The molecule has 4 heterocycles. The van der Waals surface area contributed by atoms with Crippen molar-refractivity contribution in [1.82, 2.24) is 40.6 Å². The molecule has 17 nitrogen and oxygen atoms in total. The highest BCUT2D eigenvalue weighted by Crippen LogP contribution is 2.41. The lowest BCUT2D eigenvalue weighted by Crippen LogP contribution is -2.70. The van der Waals surface area contributed by atoms with Crippen molar-refractivity contribution < 1.29 is 46.9 Å². The SMILES string of the molecule is Cc1nnc(SCC2=C(C(=O)O)N3C(=O)[C@@H](NC(=O)Cn4cnnn4)[C@H]3SC2)s1.O.O.O.O.O. The smallest absolute Gasteiger partial charge is 0.352 e. The second-order valence-electron chi connectivity index (χ2n) is 6.10. The predicted octanol–water partition coefficient (Wildman–Crippen LogP) is -4.76. The molecule has 0 aliphatic carbocycles. The molecule has 0 aromatic carbocycles. The molecule has 2 amide bonds. The number of tetrazole rings is 1. The van der Waals surface area contributed by atoms with Crippen molar-refractivity contribution in [2.45, 2.75) is 29.2 Å². The summed E-state index contributed by atoms with van der Waals surface area (Å²) < 4.78 is 1.98. The molecule has 0 saturated carbocycles. The molecular weight excluding hydrogens is 520 g/mol. The largest absolute Gasteiger partial charge is 0.477 e. The second kappa shape index (κ2) is 13.9. The fourth-order valence-electron chi connectivity index (χ4n) is 2.90. The predicted molar refractivity (Wildman–Crippen MR) is 121 cm³/mol. The van der Waals surface area contributed by atoms with Crippen LogP contribution < -0.4 is 5.32 Å². The van der Waals surface area contributed by atoms with Crippen molar-refractivity contribution in [3.63, 3.8) is 0 Å². The van der Waals surface area contributed by atoms with E-state index in [9.17, 15) is 19.5 Å². The third-order valence-corrected chi connectivity index (χ3v) is 7.54. The number of rotatable bonds is 7. The Balaban J connectivity index is 0. The summed E-state index contributed by atoms with van der Waals surface area (Å²) in [5.41, 5.74) is 0.627. The van der Waals surface area contributed by atoms with Gasteiger partial charge in [0.05, 0.1) is 0 Å². The first-order valence-corrected chi connectivity index (χ1v) is 11.1. The lowest BCUT2D eigenvalue weighted by atomic mass is 10.0. The van der Waals surface area contributed by atoms with E-state index >= 15 is 0 Å². The minimum absolute atomic E-state index is 0. The van der Waals surface area contributed by atoms with E-state index in [1.54, 1.807) is 0 Å². The van der Waals surface area contributed by atoms with Crippen LogP contribution in [0.3, 0.4) is 0 Å². The van der Waals surface area contributed by atoms with Gasteiger partial charge in [-0.2, -0.15) is 0 Å². The number of nitrogens with one attached hydrogen (secondary N) is 1. The van der Waals surface area contributed by atoms with Gasteiger partial charge in [0.1, 0.15) is 35.0 Å². The van der Waals surface area contributed by atoms with Crippen LogP contribution in [0.5, 0.6) is 0 Å². The minimum atomic E-state index is -1.16. The van der Waals surface area contributed by atoms with Gasteiger partial charge < -0.3 is 37.8 Å². The summed E-state index contributed by atoms with van der Waals surface area (Å²) in [6.45, 7) is 1.72. The highest BCUT2D eigenvalue weighted by molar-refractivity contribution is 8.01. The maximum Gasteiger partial charge on any atom is 0.352 e. The molecular formula is C14H24N8O9S3. The monoisotopic (exact) mass is 544 g/mol. The molecule has 0 bridgehead atoms. The van der Waals surface area contributed by atoms with E-state index in [0.29, 0.717) is 17.1 Å². The average Bonchev–Trinajstić information content (AvgIpc) is 3.35. The van der Waals surface area contributed by atoms with Crippen molar-refractivity contribution in [3.8, 4) is 0 Å². The zero-order valence-electron chi connectivity index (χ0n) is 17.4. The molecule has 1 saturated heterocycles. The van der Waals surface area contributed by atoms with Crippen LogP contribution >= 0.6 is 34.9 Å². The fourth-order valence-corrected chi connectivity index (χ4v) is 6.20. The summed E-state index contributed by atoms with van der Waals surface area (Å²) in [5.74, 6) is -1.19. The van der Waals surface area contributed by atoms with Crippen LogP contribution in [0.25, 0.3) is 0 Å². The van der Waals surface area contributed by atoms with Crippen LogP contribution in [0, 0.1) is 6.92 Å². The number of carboxylic acids is 1. The van der Waals surface area contributed by atoms with Gasteiger partial charge in [-0.05, 0) is 22.9 Å². The number of aryl methyl sites for hydroxylation is 1. The van der Waals surface area contributed by atoms with E-state index < -0.39 is 29.2 Å². The van der Waals surface area contributed by atoms with E-state index in [1.807, 2.05) is 6.92 Å².